The lowest BCUT2D eigenvalue weighted by atomic mass is 10.2. The first-order chi connectivity index (χ1) is 12.0. The number of rotatable bonds is 4. The number of pyridine rings is 1. The van der Waals surface area contributed by atoms with E-state index in [0.717, 1.165) is 0 Å². The number of hydrogen-bond acceptors (Lipinski definition) is 3. The normalized spacial score (nSPS) is 10.4. The fourth-order valence-corrected chi connectivity index (χ4v) is 2.65. The van der Waals surface area contributed by atoms with E-state index in [1.807, 2.05) is 0 Å². The first kappa shape index (κ1) is 17.2. The Kier molecular flexibility index (Phi) is 5.16. The SMILES string of the molecule is O=C(Nc1c(Cl)cccc1Cl)c1cc(Nc2cccc(F)c2)ccn1. The molecule has 0 atom stereocenters. The maximum absolute atomic E-state index is 13.3. The summed E-state index contributed by atoms with van der Waals surface area (Å²) in [6, 6.07) is 14.2. The molecular weight excluding hydrogens is 364 g/mol. The average Bonchev–Trinajstić information content (AvgIpc) is 2.58. The summed E-state index contributed by atoms with van der Waals surface area (Å²) in [7, 11) is 0. The summed E-state index contributed by atoms with van der Waals surface area (Å²) in [5.41, 5.74) is 1.64. The van der Waals surface area contributed by atoms with Crippen molar-refractivity contribution in [3.05, 3.63) is 82.4 Å². The molecule has 2 N–H and O–H groups in total. The summed E-state index contributed by atoms with van der Waals surface area (Å²) >= 11 is 12.1. The summed E-state index contributed by atoms with van der Waals surface area (Å²) in [6.07, 6.45) is 1.48. The molecule has 1 aromatic heterocycles. The standard InChI is InChI=1S/C18H12Cl2FN3O/c19-14-5-2-6-15(20)17(14)24-18(25)16-10-13(7-8-22-16)23-12-4-1-3-11(21)9-12/h1-10H,(H,22,23)(H,24,25). The third-order valence-corrected chi connectivity index (χ3v) is 3.94. The van der Waals surface area contributed by atoms with Gasteiger partial charge in [-0.3, -0.25) is 9.78 Å². The molecule has 0 aliphatic heterocycles. The number of hydrogen-bond donors (Lipinski definition) is 2. The molecule has 0 bridgehead atoms. The maximum Gasteiger partial charge on any atom is 0.274 e. The van der Waals surface area contributed by atoms with Crippen molar-refractivity contribution in [3.8, 4) is 0 Å². The highest BCUT2D eigenvalue weighted by molar-refractivity contribution is 6.40. The smallest absolute Gasteiger partial charge is 0.274 e. The number of benzene rings is 2. The lowest BCUT2D eigenvalue weighted by Gasteiger charge is -2.10. The fraction of sp³-hybridized carbons (Fsp3) is 0. The molecular formula is C18H12Cl2FN3O. The van der Waals surface area contributed by atoms with Gasteiger partial charge in [-0.05, 0) is 42.5 Å². The summed E-state index contributed by atoms with van der Waals surface area (Å²) in [6.45, 7) is 0. The molecule has 0 spiro atoms. The molecule has 25 heavy (non-hydrogen) atoms. The zero-order chi connectivity index (χ0) is 17.8. The number of nitrogens with one attached hydrogen (secondary N) is 2. The van der Waals surface area contributed by atoms with Gasteiger partial charge in [-0.1, -0.05) is 35.3 Å². The van der Waals surface area contributed by atoms with Crippen LogP contribution in [0.3, 0.4) is 0 Å². The van der Waals surface area contributed by atoms with Crippen LogP contribution in [0.1, 0.15) is 10.5 Å². The van der Waals surface area contributed by atoms with Gasteiger partial charge in [0.25, 0.3) is 5.91 Å². The highest BCUT2D eigenvalue weighted by Gasteiger charge is 2.13. The van der Waals surface area contributed by atoms with E-state index >= 15 is 0 Å². The number of carbonyl (C=O) groups excluding carboxylic acids is 1. The molecule has 0 radical (unpaired) electrons. The van der Waals surface area contributed by atoms with Gasteiger partial charge in [0.15, 0.2) is 0 Å². The molecule has 3 aromatic rings. The molecule has 0 saturated carbocycles. The lowest BCUT2D eigenvalue weighted by Crippen LogP contribution is -2.14. The predicted octanol–water partition coefficient (Wildman–Crippen LogP) is 5.52. The van der Waals surface area contributed by atoms with Gasteiger partial charge < -0.3 is 10.6 Å². The second-order valence-corrected chi connectivity index (χ2v) is 5.93. The molecule has 0 aliphatic carbocycles. The zero-order valence-corrected chi connectivity index (χ0v) is 14.3. The third kappa shape index (κ3) is 4.26. The highest BCUT2D eigenvalue weighted by atomic mass is 35.5. The van der Waals surface area contributed by atoms with Crippen LogP contribution in [-0.4, -0.2) is 10.9 Å². The number of aromatic nitrogens is 1. The Morgan fingerprint density at radius 2 is 1.64 bits per heavy atom. The molecule has 1 heterocycles. The summed E-state index contributed by atoms with van der Waals surface area (Å²) in [4.78, 5) is 16.4. The fourth-order valence-electron chi connectivity index (χ4n) is 2.16. The minimum absolute atomic E-state index is 0.164. The minimum atomic E-state index is -0.460. The van der Waals surface area contributed by atoms with Crippen LogP contribution in [0.4, 0.5) is 21.5 Å². The molecule has 0 saturated heterocycles. The van der Waals surface area contributed by atoms with Crippen LogP contribution in [0.5, 0.6) is 0 Å². The predicted molar refractivity (Wildman–Crippen MR) is 98.3 cm³/mol. The van der Waals surface area contributed by atoms with E-state index in [-0.39, 0.29) is 11.5 Å². The highest BCUT2D eigenvalue weighted by Crippen LogP contribution is 2.30. The van der Waals surface area contributed by atoms with Crippen molar-refractivity contribution in [3.63, 3.8) is 0 Å². The number of halogens is 3. The number of carbonyl (C=O) groups is 1. The van der Waals surface area contributed by atoms with Crippen LogP contribution in [0, 0.1) is 5.82 Å². The van der Waals surface area contributed by atoms with Gasteiger partial charge in [-0.15, -0.1) is 0 Å². The van der Waals surface area contributed by atoms with Gasteiger partial charge in [0.05, 0.1) is 15.7 Å². The van der Waals surface area contributed by atoms with Crippen molar-refractivity contribution >= 4 is 46.2 Å². The van der Waals surface area contributed by atoms with Gasteiger partial charge in [0, 0.05) is 17.6 Å². The topological polar surface area (TPSA) is 54.0 Å². The van der Waals surface area contributed by atoms with E-state index in [4.69, 9.17) is 23.2 Å². The molecule has 2 aromatic carbocycles. The Balaban J connectivity index is 1.80. The Morgan fingerprint density at radius 1 is 0.960 bits per heavy atom. The quantitative estimate of drug-likeness (QED) is 0.630. The molecule has 4 nitrogen and oxygen atoms in total. The van der Waals surface area contributed by atoms with Crippen molar-refractivity contribution in [2.24, 2.45) is 0 Å². The summed E-state index contributed by atoms with van der Waals surface area (Å²) in [5, 5.41) is 6.31. The monoisotopic (exact) mass is 375 g/mol. The second-order valence-electron chi connectivity index (χ2n) is 5.12. The molecule has 1 amide bonds. The number of nitrogens with zero attached hydrogens (tertiary/aromatic N) is 1. The van der Waals surface area contributed by atoms with Crippen molar-refractivity contribution in [2.75, 3.05) is 10.6 Å². The minimum Gasteiger partial charge on any atom is -0.355 e. The Bertz CT molecular complexity index is 913. The number of amides is 1. The van der Waals surface area contributed by atoms with E-state index in [9.17, 15) is 9.18 Å². The molecule has 7 heteroatoms. The summed E-state index contributed by atoms with van der Waals surface area (Å²) < 4.78 is 13.3. The number of para-hydroxylation sites is 1. The van der Waals surface area contributed by atoms with Gasteiger partial charge >= 0.3 is 0 Å². The zero-order valence-electron chi connectivity index (χ0n) is 12.8. The second kappa shape index (κ2) is 7.51. The largest absolute Gasteiger partial charge is 0.355 e. The molecule has 0 fully saturated rings. The van der Waals surface area contributed by atoms with Crippen LogP contribution in [0.25, 0.3) is 0 Å². The first-order valence-corrected chi connectivity index (χ1v) is 8.02. The molecule has 0 aliphatic rings. The van der Waals surface area contributed by atoms with E-state index < -0.39 is 5.91 Å². The van der Waals surface area contributed by atoms with Crippen LogP contribution >= 0.6 is 23.2 Å². The van der Waals surface area contributed by atoms with Crippen LogP contribution in [-0.2, 0) is 0 Å². The first-order valence-electron chi connectivity index (χ1n) is 7.27. The van der Waals surface area contributed by atoms with Crippen molar-refractivity contribution in [2.45, 2.75) is 0 Å². The number of anilines is 3. The molecule has 126 valence electrons. The average molecular weight is 376 g/mol. The van der Waals surface area contributed by atoms with Gasteiger partial charge in [-0.25, -0.2) is 4.39 Å². The molecule has 0 unspecified atom stereocenters. The van der Waals surface area contributed by atoms with E-state index in [0.29, 0.717) is 27.1 Å². The van der Waals surface area contributed by atoms with Crippen LogP contribution in [0.15, 0.2) is 60.8 Å². The third-order valence-electron chi connectivity index (χ3n) is 3.31. The molecule has 3 rings (SSSR count). The van der Waals surface area contributed by atoms with Gasteiger partial charge in [-0.2, -0.15) is 0 Å². The van der Waals surface area contributed by atoms with Crippen molar-refractivity contribution < 1.29 is 9.18 Å². The van der Waals surface area contributed by atoms with Crippen molar-refractivity contribution in [1.29, 1.82) is 0 Å². The van der Waals surface area contributed by atoms with Crippen LogP contribution in [0.2, 0.25) is 10.0 Å². The lowest BCUT2D eigenvalue weighted by molar-refractivity contribution is 0.102. The van der Waals surface area contributed by atoms with E-state index in [2.05, 4.69) is 15.6 Å². The Morgan fingerprint density at radius 3 is 2.36 bits per heavy atom. The Labute approximate surface area is 153 Å². The summed E-state index contributed by atoms with van der Waals surface area (Å²) in [5.74, 6) is -0.816. The van der Waals surface area contributed by atoms with Gasteiger partial charge in [0.1, 0.15) is 11.5 Å². The maximum atomic E-state index is 13.3. The van der Waals surface area contributed by atoms with E-state index in [1.165, 1.54) is 18.3 Å². The van der Waals surface area contributed by atoms with Crippen LogP contribution < -0.4 is 10.6 Å². The van der Waals surface area contributed by atoms with Crippen molar-refractivity contribution in [1.82, 2.24) is 4.98 Å². The Hall–Kier alpha value is -2.63. The van der Waals surface area contributed by atoms with Gasteiger partial charge in [0.2, 0.25) is 0 Å². The van der Waals surface area contributed by atoms with E-state index in [1.54, 1.807) is 42.5 Å².